The summed E-state index contributed by atoms with van der Waals surface area (Å²) in [6.07, 6.45) is -2.44. The number of benzene rings is 1. The van der Waals surface area contributed by atoms with Crippen LogP contribution in [0.25, 0.3) is 5.78 Å². The summed E-state index contributed by atoms with van der Waals surface area (Å²) < 4.78 is 80.2. The maximum atomic E-state index is 13.3. The molecule has 0 saturated carbocycles. The van der Waals surface area contributed by atoms with Crippen LogP contribution < -0.4 is 4.72 Å². The number of hydrogen-bond donors (Lipinski definition) is 1. The van der Waals surface area contributed by atoms with Crippen LogP contribution in [-0.4, -0.2) is 34.2 Å². The van der Waals surface area contributed by atoms with Gasteiger partial charge in [0.15, 0.2) is 5.03 Å². The van der Waals surface area contributed by atoms with E-state index in [0.29, 0.717) is 0 Å². The number of fused-ring (bicyclic) bond motifs is 1. The maximum absolute atomic E-state index is 13.3. The Morgan fingerprint density at radius 1 is 1.12 bits per heavy atom. The predicted molar refractivity (Wildman–Crippen MR) is 76.3 cm³/mol. The van der Waals surface area contributed by atoms with Gasteiger partial charge in [0.25, 0.3) is 15.8 Å². The van der Waals surface area contributed by atoms with Gasteiger partial charge >= 0.3 is 6.18 Å². The van der Waals surface area contributed by atoms with E-state index in [1.807, 2.05) is 0 Å². The highest BCUT2D eigenvalue weighted by Gasteiger charge is 2.43. The molecule has 0 amide bonds. The van der Waals surface area contributed by atoms with Gasteiger partial charge in [-0.3, -0.25) is 4.40 Å². The quantitative estimate of drug-likeness (QED) is 0.555. The lowest BCUT2D eigenvalue weighted by Gasteiger charge is -2.21. The van der Waals surface area contributed by atoms with Crippen molar-refractivity contribution in [2.24, 2.45) is 0 Å². The molecule has 132 valence electrons. The minimum Gasteiger partial charge on any atom is -0.273 e. The number of aromatic nitrogens is 4. The molecule has 0 fully saturated rings. The normalized spacial score (nSPS) is 13.9. The smallest absolute Gasteiger partial charge is 0.273 e. The largest absolute Gasteiger partial charge is 0.408 e. The molecule has 1 N–H and O–H groups in total. The van der Waals surface area contributed by atoms with Gasteiger partial charge in [-0.25, -0.2) is 12.8 Å². The van der Waals surface area contributed by atoms with E-state index in [0.717, 1.165) is 30.3 Å². The Bertz CT molecular complexity index is 1000. The van der Waals surface area contributed by atoms with Crippen molar-refractivity contribution in [3.8, 4) is 0 Å². The van der Waals surface area contributed by atoms with Gasteiger partial charge in [0.1, 0.15) is 18.2 Å². The average molecular weight is 375 g/mol. The molecule has 3 aromatic rings. The van der Waals surface area contributed by atoms with E-state index in [1.54, 1.807) is 4.72 Å². The van der Waals surface area contributed by atoms with Gasteiger partial charge in [-0.2, -0.15) is 22.9 Å². The van der Waals surface area contributed by atoms with Crippen molar-refractivity contribution in [1.29, 1.82) is 0 Å². The van der Waals surface area contributed by atoms with Crippen LogP contribution in [0.15, 0.2) is 47.9 Å². The second kappa shape index (κ2) is 6.04. The molecule has 2 aromatic heterocycles. The summed E-state index contributed by atoms with van der Waals surface area (Å²) in [5, 5.41) is 6.39. The zero-order valence-corrected chi connectivity index (χ0v) is 13.0. The minimum absolute atomic E-state index is 0.0896. The SMILES string of the molecule is O=S(=O)(N[C@H](c1ccc(F)cc1)C(F)(F)F)c1ccn2cnnc2n1. The fourth-order valence-electron chi connectivity index (χ4n) is 2.05. The van der Waals surface area contributed by atoms with Crippen molar-refractivity contribution in [1.82, 2.24) is 24.3 Å². The van der Waals surface area contributed by atoms with Crippen LogP contribution >= 0.6 is 0 Å². The zero-order chi connectivity index (χ0) is 18.2. The van der Waals surface area contributed by atoms with Crippen molar-refractivity contribution < 1.29 is 26.0 Å². The number of nitrogens with zero attached hydrogens (tertiary/aromatic N) is 4. The molecule has 0 aliphatic heterocycles. The van der Waals surface area contributed by atoms with Crippen LogP contribution in [-0.2, 0) is 10.0 Å². The van der Waals surface area contributed by atoms with Crippen molar-refractivity contribution in [2.45, 2.75) is 17.2 Å². The number of alkyl halides is 3. The van der Waals surface area contributed by atoms with Crippen LogP contribution in [0.5, 0.6) is 0 Å². The van der Waals surface area contributed by atoms with Gasteiger partial charge in [0.05, 0.1) is 0 Å². The molecule has 25 heavy (non-hydrogen) atoms. The second-order valence-electron chi connectivity index (χ2n) is 4.95. The molecular formula is C13H9F4N5O2S. The first-order valence-electron chi connectivity index (χ1n) is 6.68. The minimum atomic E-state index is -4.94. The second-order valence-corrected chi connectivity index (χ2v) is 6.61. The van der Waals surface area contributed by atoms with Gasteiger partial charge in [-0.15, -0.1) is 10.2 Å². The van der Waals surface area contributed by atoms with E-state index in [4.69, 9.17) is 0 Å². The van der Waals surface area contributed by atoms with Crippen molar-refractivity contribution >= 4 is 15.8 Å². The highest BCUT2D eigenvalue weighted by molar-refractivity contribution is 7.89. The Hall–Kier alpha value is -2.60. The lowest BCUT2D eigenvalue weighted by molar-refractivity contribution is -0.153. The highest BCUT2D eigenvalue weighted by Crippen LogP contribution is 2.34. The Kier molecular flexibility index (Phi) is 4.16. The van der Waals surface area contributed by atoms with Crippen LogP contribution in [0.4, 0.5) is 17.6 Å². The summed E-state index contributed by atoms with van der Waals surface area (Å²) in [6, 6.07) is 1.77. The first-order chi connectivity index (χ1) is 11.7. The Labute approximate surface area is 138 Å². The predicted octanol–water partition coefficient (Wildman–Crippen LogP) is 1.85. The summed E-state index contributed by atoms with van der Waals surface area (Å²) in [4.78, 5) is 3.66. The summed E-state index contributed by atoms with van der Waals surface area (Å²) in [5.74, 6) is -0.834. The van der Waals surface area contributed by atoms with Crippen LogP contribution in [0.2, 0.25) is 0 Å². The monoisotopic (exact) mass is 375 g/mol. The van der Waals surface area contributed by atoms with Crippen LogP contribution in [0, 0.1) is 5.82 Å². The lowest BCUT2D eigenvalue weighted by atomic mass is 10.1. The molecule has 0 aliphatic rings. The Morgan fingerprint density at radius 2 is 1.80 bits per heavy atom. The van der Waals surface area contributed by atoms with Gasteiger partial charge < -0.3 is 0 Å². The Morgan fingerprint density at radius 3 is 2.44 bits per heavy atom. The van der Waals surface area contributed by atoms with Gasteiger partial charge in [-0.05, 0) is 23.8 Å². The molecular weight excluding hydrogens is 366 g/mol. The van der Waals surface area contributed by atoms with Crippen molar-refractivity contribution in [3.63, 3.8) is 0 Å². The third-order valence-corrected chi connectivity index (χ3v) is 4.55. The molecule has 0 aliphatic carbocycles. The molecule has 1 atom stereocenters. The van der Waals surface area contributed by atoms with E-state index in [1.165, 1.54) is 16.9 Å². The fraction of sp³-hybridized carbons (Fsp3) is 0.154. The van der Waals surface area contributed by atoms with Crippen molar-refractivity contribution in [2.75, 3.05) is 0 Å². The maximum Gasteiger partial charge on any atom is 0.408 e. The third-order valence-electron chi connectivity index (χ3n) is 3.22. The molecule has 0 unspecified atom stereocenters. The molecule has 0 radical (unpaired) electrons. The van der Waals surface area contributed by atoms with E-state index in [-0.39, 0.29) is 5.78 Å². The van der Waals surface area contributed by atoms with E-state index in [9.17, 15) is 26.0 Å². The summed E-state index contributed by atoms with van der Waals surface area (Å²) in [7, 11) is -4.63. The number of hydrogen-bond acceptors (Lipinski definition) is 5. The standard InChI is InChI=1S/C13H9F4N5O2S/c14-9-3-1-8(2-4-9)11(13(15,16)17)21-25(23,24)10-5-6-22-7-18-20-12(22)19-10/h1-7,11,21H/t11-/m1/s1. The lowest BCUT2D eigenvalue weighted by Crippen LogP contribution is -2.38. The number of rotatable bonds is 4. The van der Waals surface area contributed by atoms with Gasteiger partial charge in [-0.1, -0.05) is 12.1 Å². The molecule has 1 aromatic carbocycles. The zero-order valence-electron chi connectivity index (χ0n) is 12.1. The molecule has 12 heteroatoms. The third kappa shape index (κ3) is 3.58. The molecule has 2 heterocycles. The van der Waals surface area contributed by atoms with Crippen LogP contribution in [0.3, 0.4) is 0 Å². The van der Waals surface area contributed by atoms with Gasteiger partial charge in [0.2, 0.25) is 0 Å². The van der Waals surface area contributed by atoms with Crippen molar-refractivity contribution in [3.05, 3.63) is 54.2 Å². The summed E-state index contributed by atoms with van der Waals surface area (Å²) in [6.45, 7) is 0. The number of nitrogens with one attached hydrogen (secondary N) is 1. The molecule has 0 spiro atoms. The fourth-order valence-corrected chi connectivity index (χ4v) is 3.19. The number of halogens is 4. The first-order valence-corrected chi connectivity index (χ1v) is 8.16. The van der Waals surface area contributed by atoms with E-state index < -0.39 is 38.6 Å². The first kappa shape index (κ1) is 17.2. The molecule has 3 rings (SSSR count). The summed E-state index contributed by atoms with van der Waals surface area (Å²) >= 11 is 0. The van der Waals surface area contributed by atoms with E-state index in [2.05, 4.69) is 15.2 Å². The average Bonchev–Trinajstić information content (AvgIpc) is 3.00. The summed E-state index contributed by atoms with van der Waals surface area (Å²) in [5.41, 5.74) is -0.457. The van der Waals surface area contributed by atoms with Crippen LogP contribution in [0.1, 0.15) is 11.6 Å². The molecule has 0 bridgehead atoms. The topological polar surface area (TPSA) is 89.2 Å². The Balaban J connectivity index is 1.98. The number of sulfonamides is 1. The van der Waals surface area contributed by atoms with Gasteiger partial charge in [0, 0.05) is 6.20 Å². The molecule has 7 nitrogen and oxygen atoms in total. The van der Waals surface area contributed by atoms with E-state index >= 15 is 0 Å². The highest BCUT2D eigenvalue weighted by atomic mass is 32.2. The molecule has 0 saturated heterocycles.